The van der Waals surface area contributed by atoms with E-state index in [1.807, 2.05) is 24.8 Å². The average Bonchev–Trinajstić information content (AvgIpc) is 3.03. The normalized spacial score (nSPS) is 22.1. The summed E-state index contributed by atoms with van der Waals surface area (Å²) in [5.41, 5.74) is 2.38. The molecule has 1 fully saturated rings. The van der Waals surface area contributed by atoms with Crippen LogP contribution in [0, 0.1) is 11.8 Å². The van der Waals surface area contributed by atoms with E-state index in [1.54, 1.807) is 0 Å². The summed E-state index contributed by atoms with van der Waals surface area (Å²) in [5.74, 6) is 1.12. The van der Waals surface area contributed by atoms with Gasteiger partial charge in [0.2, 0.25) is 0 Å². The Labute approximate surface area is 155 Å². The van der Waals surface area contributed by atoms with Crippen LogP contribution in [0.5, 0.6) is 0 Å². The second kappa shape index (κ2) is 8.75. The summed E-state index contributed by atoms with van der Waals surface area (Å²) in [4.78, 5) is 11.3. The Hall–Kier alpha value is -1.76. The van der Waals surface area contributed by atoms with Crippen molar-refractivity contribution in [3.63, 3.8) is 0 Å². The summed E-state index contributed by atoms with van der Waals surface area (Å²) in [7, 11) is 0. The van der Waals surface area contributed by atoms with Gasteiger partial charge >= 0.3 is 0 Å². The molecule has 6 heteroatoms. The molecule has 1 atom stereocenters. The third kappa shape index (κ3) is 4.69. The van der Waals surface area contributed by atoms with E-state index in [0.717, 1.165) is 71.1 Å². The fourth-order valence-corrected chi connectivity index (χ4v) is 3.90. The van der Waals surface area contributed by atoms with Gasteiger partial charge < -0.3 is 14.0 Å². The number of nitrogens with zero attached hydrogens (tertiary/aromatic N) is 4. The Balaban J connectivity index is 1.36. The van der Waals surface area contributed by atoms with Crippen LogP contribution in [-0.2, 0) is 29.1 Å². The predicted molar refractivity (Wildman–Crippen MR) is 98.4 cm³/mol. The molecule has 6 nitrogen and oxygen atoms in total. The fourth-order valence-electron chi connectivity index (χ4n) is 3.90. The van der Waals surface area contributed by atoms with Crippen molar-refractivity contribution in [3.05, 3.63) is 48.3 Å². The lowest BCUT2D eigenvalue weighted by atomic mass is 10.0. The standard InChI is InChI=1S/C20H28N4O2/c1-2-6-22-19(3-1)12-23-10-18(11-24-16-21-9-20(24)13-23)15-26-14-17-4-7-25-8-5-17/h1-3,6,9,16-18H,4-5,7-8,10-15H2/t18-/m0/s1. The highest BCUT2D eigenvalue weighted by Gasteiger charge is 2.23. The van der Waals surface area contributed by atoms with E-state index >= 15 is 0 Å². The molecule has 0 aliphatic carbocycles. The van der Waals surface area contributed by atoms with Gasteiger partial charge in [0, 0.05) is 64.3 Å². The van der Waals surface area contributed by atoms with Gasteiger partial charge in [0.25, 0.3) is 0 Å². The molecule has 2 aromatic rings. The Bertz CT molecular complexity index is 669. The van der Waals surface area contributed by atoms with Gasteiger partial charge in [0.15, 0.2) is 0 Å². The van der Waals surface area contributed by atoms with E-state index in [9.17, 15) is 0 Å². The van der Waals surface area contributed by atoms with E-state index in [1.165, 1.54) is 5.69 Å². The van der Waals surface area contributed by atoms with Crippen molar-refractivity contribution in [1.29, 1.82) is 0 Å². The molecule has 0 bridgehead atoms. The number of hydrogen-bond acceptors (Lipinski definition) is 5. The van der Waals surface area contributed by atoms with Crippen LogP contribution >= 0.6 is 0 Å². The van der Waals surface area contributed by atoms with Crippen LogP contribution in [0.1, 0.15) is 24.2 Å². The molecule has 4 rings (SSSR count). The SMILES string of the molecule is c1ccc(CN2Cc3cncn3C[C@@H](COCC3CCOCC3)C2)nc1. The number of pyridine rings is 1. The second-order valence-electron chi connectivity index (χ2n) is 7.49. The quantitative estimate of drug-likeness (QED) is 0.795. The molecule has 140 valence electrons. The molecule has 1 saturated heterocycles. The zero-order valence-electron chi connectivity index (χ0n) is 15.3. The highest BCUT2D eigenvalue weighted by molar-refractivity contribution is 5.05. The van der Waals surface area contributed by atoms with Crippen molar-refractivity contribution < 1.29 is 9.47 Å². The molecule has 4 heterocycles. The number of imidazole rings is 1. The van der Waals surface area contributed by atoms with Gasteiger partial charge in [-0.3, -0.25) is 9.88 Å². The zero-order chi connectivity index (χ0) is 17.6. The predicted octanol–water partition coefficient (Wildman–Crippen LogP) is 2.35. The first-order chi connectivity index (χ1) is 12.9. The zero-order valence-corrected chi connectivity index (χ0v) is 15.3. The van der Waals surface area contributed by atoms with Crippen LogP contribution in [-0.4, -0.2) is 52.4 Å². The fraction of sp³-hybridized carbons (Fsp3) is 0.600. The largest absolute Gasteiger partial charge is 0.381 e. The monoisotopic (exact) mass is 356 g/mol. The molecule has 0 aromatic carbocycles. The third-order valence-electron chi connectivity index (χ3n) is 5.32. The average molecular weight is 356 g/mol. The maximum atomic E-state index is 6.13. The Morgan fingerprint density at radius 3 is 2.85 bits per heavy atom. The van der Waals surface area contributed by atoms with Crippen molar-refractivity contribution in [2.24, 2.45) is 11.8 Å². The minimum absolute atomic E-state index is 0.467. The highest BCUT2D eigenvalue weighted by atomic mass is 16.5. The van der Waals surface area contributed by atoms with Gasteiger partial charge in [-0.2, -0.15) is 0 Å². The summed E-state index contributed by atoms with van der Waals surface area (Å²) >= 11 is 0. The van der Waals surface area contributed by atoms with E-state index < -0.39 is 0 Å². The van der Waals surface area contributed by atoms with E-state index in [4.69, 9.17) is 9.47 Å². The minimum Gasteiger partial charge on any atom is -0.381 e. The lowest BCUT2D eigenvalue weighted by molar-refractivity contribution is 0.00630. The third-order valence-corrected chi connectivity index (χ3v) is 5.32. The number of ether oxygens (including phenoxy) is 2. The van der Waals surface area contributed by atoms with Crippen molar-refractivity contribution in [3.8, 4) is 0 Å². The van der Waals surface area contributed by atoms with Crippen LogP contribution in [0.4, 0.5) is 0 Å². The summed E-state index contributed by atoms with van der Waals surface area (Å²) < 4.78 is 13.8. The topological polar surface area (TPSA) is 52.4 Å². The molecular weight excluding hydrogens is 328 g/mol. The molecular formula is C20H28N4O2. The molecule has 0 radical (unpaired) electrons. The maximum Gasteiger partial charge on any atom is 0.0948 e. The van der Waals surface area contributed by atoms with E-state index in [-0.39, 0.29) is 0 Å². The summed E-state index contributed by atoms with van der Waals surface area (Å²) in [6, 6.07) is 6.12. The summed E-state index contributed by atoms with van der Waals surface area (Å²) in [6.45, 7) is 7.19. The van der Waals surface area contributed by atoms with Crippen LogP contribution in [0.25, 0.3) is 0 Å². The number of fused-ring (bicyclic) bond motifs is 1. The summed E-state index contributed by atoms with van der Waals surface area (Å²) in [6.07, 6.45) is 8.05. The van der Waals surface area contributed by atoms with Gasteiger partial charge in [-0.1, -0.05) is 6.07 Å². The van der Waals surface area contributed by atoms with Crippen LogP contribution < -0.4 is 0 Å². The molecule has 0 saturated carbocycles. The molecule has 2 aromatic heterocycles. The smallest absolute Gasteiger partial charge is 0.0948 e. The van der Waals surface area contributed by atoms with Crippen LogP contribution in [0.2, 0.25) is 0 Å². The first kappa shape index (κ1) is 17.6. The van der Waals surface area contributed by atoms with Gasteiger partial charge in [0.05, 0.1) is 24.3 Å². The minimum atomic E-state index is 0.467. The van der Waals surface area contributed by atoms with Crippen LogP contribution in [0.3, 0.4) is 0 Å². The van der Waals surface area contributed by atoms with E-state index in [0.29, 0.717) is 11.8 Å². The Morgan fingerprint density at radius 2 is 2.00 bits per heavy atom. The van der Waals surface area contributed by atoms with Gasteiger partial charge in [-0.25, -0.2) is 4.98 Å². The van der Waals surface area contributed by atoms with Crippen LogP contribution in [0.15, 0.2) is 36.9 Å². The van der Waals surface area contributed by atoms with Gasteiger partial charge in [-0.05, 0) is 30.9 Å². The first-order valence-corrected chi connectivity index (χ1v) is 9.63. The molecule has 26 heavy (non-hydrogen) atoms. The van der Waals surface area contributed by atoms with Crippen molar-refractivity contribution in [1.82, 2.24) is 19.4 Å². The molecule has 0 amide bonds. The molecule has 2 aliphatic heterocycles. The van der Waals surface area contributed by atoms with Gasteiger partial charge in [-0.15, -0.1) is 0 Å². The number of aromatic nitrogens is 3. The van der Waals surface area contributed by atoms with Gasteiger partial charge in [0.1, 0.15) is 0 Å². The lowest BCUT2D eigenvalue weighted by Gasteiger charge is -2.25. The van der Waals surface area contributed by atoms with Crippen molar-refractivity contribution in [2.75, 3.05) is 33.0 Å². The highest BCUT2D eigenvalue weighted by Crippen LogP contribution is 2.20. The van der Waals surface area contributed by atoms with Crippen molar-refractivity contribution in [2.45, 2.75) is 32.5 Å². The number of hydrogen-bond donors (Lipinski definition) is 0. The number of rotatable bonds is 6. The molecule has 0 unspecified atom stereocenters. The maximum absolute atomic E-state index is 6.13. The summed E-state index contributed by atoms with van der Waals surface area (Å²) in [5, 5.41) is 0. The second-order valence-corrected chi connectivity index (χ2v) is 7.49. The Morgan fingerprint density at radius 1 is 1.12 bits per heavy atom. The van der Waals surface area contributed by atoms with E-state index in [2.05, 4.69) is 31.6 Å². The lowest BCUT2D eigenvalue weighted by Crippen LogP contribution is -2.31. The first-order valence-electron chi connectivity index (χ1n) is 9.63. The molecule has 0 spiro atoms. The molecule has 2 aliphatic rings. The van der Waals surface area contributed by atoms with Crippen molar-refractivity contribution >= 4 is 0 Å². The molecule has 0 N–H and O–H groups in total. The Kier molecular flexibility index (Phi) is 5.94.